The maximum absolute atomic E-state index is 12.0. The summed E-state index contributed by atoms with van der Waals surface area (Å²) in [7, 11) is -8.80. The van der Waals surface area contributed by atoms with Crippen molar-refractivity contribution in [3.8, 4) is 11.5 Å². The summed E-state index contributed by atoms with van der Waals surface area (Å²) in [5.74, 6) is -1.09. The van der Waals surface area contributed by atoms with E-state index in [1.165, 1.54) is 36.4 Å². The first-order chi connectivity index (χ1) is 12.1. The van der Waals surface area contributed by atoms with Crippen LogP contribution in [0.3, 0.4) is 0 Å². The van der Waals surface area contributed by atoms with Gasteiger partial charge in [-0.15, -0.1) is 5.11 Å². The third-order valence-corrected chi connectivity index (χ3v) is 5.16. The van der Waals surface area contributed by atoms with Crippen molar-refractivity contribution in [1.82, 2.24) is 0 Å². The molecule has 0 spiro atoms. The summed E-state index contributed by atoms with van der Waals surface area (Å²) in [5.41, 5.74) is 0.394. The Morgan fingerprint density at radius 2 is 1.59 bits per heavy atom. The van der Waals surface area contributed by atoms with Gasteiger partial charge in [0.1, 0.15) is 17.2 Å². The fraction of sp³-hybridized carbons (Fsp3) is 0.143. The second kappa shape index (κ2) is 9.59. The number of hydrogen-bond acceptors (Lipinski definition) is 10. The molecule has 27 heavy (non-hydrogen) atoms. The van der Waals surface area contributed by atoms with Crippen LogP contribution >= 0.6 is 0 Å². The topological polar surface area (TPSA) is 166 Å². The smallest absolute Gasteiger partial charge is 0.726 e. The minimum atomic E-state index is -4.95. The molecule has 140 valence electrons. The van der Waals surface area contributed by atoms with Gasteiger partial charge in [0.15, 0.2) is 9.84 Å². The number of aromatic hydroxyl groups is 2. The average molecular weight is 424 g/mol. The van der Waals surface area contributed by atoms with Crippen LogP contribution < -0.4 is 29.6 Å². The van der Waals surface area contributed by atoms with Crippen molar-refractivity contribution in [2.45, 2.75) is 4.90 Å². The second-order valence-electron chi connectivity index (χ2n) is 4.92. The minimum absolute atomic E-state index is 0. The van der Waals surface area contributed by atoms with E-state index in [0.717, 1.165) is 6.07 Å². The molecule has 0 aromatic heterocycles. The van der Waals surface area contributed by atoms with E-state index < -0.39 is 32.6 Å². The van der Waals surface area contributed by atoms with Gasteiger partial charge in [-0.3, -0.25) is 4.18 Å². The molecule has 0 heterocycles. The Morgan fingerprint density at radius 1 is 0.963 bits per heavy atom. The van der Waals surface area contributed by atoms with Crippen LogP contribution in [-0.4, -0.2) is 44.0 Å². The molecule has 2 aromatic carbocycles. The van der Waals surface area contributed by atoms with E-state index in [2.05, 4.69) is 14.4 Å². The third-order valence-electron chi connectivity index (χ3n) is 3.01. The van der Waals surface area contributed by atoms with Crippen molar-refractivity contribution < 1.29 is 65.3 Å². The first-order valence-electron chi connectivity index (χ1n) is 6.94. The van der Waals surface area contributed by atoms with Crippen molar-refractivity contribution in [2.24, 2.45) is 10.2 Å². The first kappa shape index (κ1) is 23.5. The summed E-state index contributed by atoms with van der Waals surface area (Å²) >= 11 is 0. The standard InChI is InChI=1S/C14H14N2O8S2.Na/c17-11-3-6-13(14(18)9-11)16-15-10-1-4-12(5-2-10)25(19,20)8-7-24-26(21,22)23;/h1-6,9,17-18H,7-8H2,(H,21,22,23);/q;+1/p-1. The van der Waals surface area contributed by atoms with E-state index in [1.807, 2.05) is 0 Å². The first-order valence-corrected chi connectivity index (χ1v) is 9.92. The van der Waals surface area contributed by atoms with E-state index in [-0.39, 0.29) is 57.3 Å². The molecule has 0 saturated carbocycles. The quantitative estimate of drug-likeness (QED) is 0.241. The van der Waals surface area contributed by atoms with Crippen LogP contribution in [0.5, 0.6) is 11.5 Å². The van der Waals surface area contributed by atoms with Crippen molar-refractivity contribution in [1.29, 1.82) is 0 Å². The van der Waals surface area contributed by atoms with Gasteiger partial charge in [-0.05, 0) is 36.4 Å². The fourth-order valence-corrected chi connectivity index (χ4v) is 3.27. The SMILES string of the molecule is O=S(=O)([O-])OCCS(=O)(=O)c1ccc(N=Nc2ccc(O)cc2O)cc1.[Na+]. The Morgan fingerprint density at radius 3 is 2.15 bits per heavy atom. The van der Waals surface area contributed by atoms with E-state index in [1.54, 1.807) is 0 Å². The largest absolute Gasteiger partial charge is 1.00 e. The molecule has 13 heteroatoms. The van der Waals surface area contributed by atoms with E-state index >= 15 is 0 Å². The van der Waals surface area contributed by atoms with Crippen LogP contribution in [0.4, 0.5) is 11.4 Å². The van der Waals surface area contributed by atoms with Gasteiger partial charge in [0, 0.05) is 6.07 Å². The van der Waals surface area contributed by atoms with Crippen molar-refractivity contribution in [3.05, 3.63) is 42.5 Å². The van der Waals surface area contributed by atoms with Crippen LogP contribution in [0.15, 0.2) is 57.6 Å². The number of nitrogens with zero attached hydrogens (tertiary/aromatic N) is 2. The Kier molecular flexibility index (Phi) is 8.35. The predicted molar refractivity (Wildman–Crippen MR) is 88.1 cm³/mol. The molecule has 0 saturated heterocycles. The second-order valence-corrected chi connectivity index (χ2v) is 8.08. The molecule has 2 rings (SSSR count). The molecule has 0 fully saturated rings. The molecule has 0 aliphatic heterocycles. The molecular formula is C14H13N2NaO8S2. The summed E-state index contributed by atoms with van der Waals surface area (Å²) in [4.78, 5) is -0.115. The fourth-order valence-electron chi connectivity index (χ4n) is 1.79. The van der Waals surface area contributed by atoms with E-state index in [9.17, 15) is 31.6 Å². The van der Waals surface area contributed by atoms with Crippen LogP contribution in [-0.2, 0) is 24.4 Å². The van der Waals surface area contributed by atoms with Gasteiger partial charge < -0.3 is 14.8 Å². The Hall–Kier alpha value is -1.54. The molecule has 0 amide bonds. The summed E-state index contributed by atoms with van der Waals surface area (Å²) in [5, 5.41) is 26.4. The zero-order chi connectivity index (χ0) is 19.4. The normalized spacial score (nSPS) is 12.0. The molecule has 0 unspecified atom stereocenters. The summed E-state index contributed by atoms with van der Waals surface area (Å²) in [6, 6.07) is 8.90. The van der Waals surface area contributed by atoms with Crippen molar-refractivity contribution in [2.75, 3.05) is 12.4 Å². The van der Waals surface area contributed by atoms with Gasteiger partial charge in [0.25, 0.3) is 0 Å². The Labute approximate surface area is 177 Å². The third kappa shape index (κ3) is 7.54. The van der Waals surface area contributed by atoms with Gasteiger partial charge in [-0.2, -0.15) is 5.11 Å². The van der Waals surface area contributed by atoms with Gasteiger partial charge >= 0.3 is 29.6 Å². The van der Waals surface area contributed by atoms with Gasteiger partial charge in [-0.25, -0.2) is 16.8 Å². The minimum Gasteiger partial charge on any atom is -0.726 e. The maximum atomic E-state index is 12.0. The maximum Gasteiger partial charge on any atom is 1.00 e. The number of phenolic OH excluding ortho intramolecular Hbond substituents is 2. The van der Waals surface area contributed by atoms with E-state index in [0.29, 0.717) is 0 Å². The summed E-state index contributed by atoms with van der Waals surface area (Å²) < 4.78 is 58.8. The van der Waals surface area contributed by atoms with Gasteiger partial charge in [0.05, 0.1) is 22.9 Å². The number of phenols is 2. The molecule has 0 aliphatic carbocycles. The molecular weight excluding hydrogens is 411 g/mol. The number of rotatable bonds is 7. The number of hydrogen-bond donors (Lipinski definition) is 2. The zero-order valence-corrected chi connectivity index (χ0v) is 17.6. The van der Waals surface area contributed by atoms with Crippen LogP contribution in [0.1, 0.15) is 0 Å². The van der Waals surface area contributed by atoms with Gasteiger partial charge in [0.2, 0.25) is 10.4 Å². The number of azo groups is 1. The molecule has 2 N–H and O–H groups in total. The molecule has 0 atom stereocenters. The van der Waals surface area contributed by atoms with Crippen molar-refractivity contribution in [3.63, 3.8) is 0 Å². The predicted octanol–water partition coefficient (Wildman–Crippen LogP) is -1.23. The Bertz CT molecular complexity index is 1020. The molecule has 0 aliphatic rings. The van der Waals surface area contributed by atoms with Crippen LogP contribution in [0, 0.1) is 0 Å². The molecule has 10 nitrogen and oxygen atoms in total. The molecule has 2 aromatic rings. The van der Waals surface area contributed by atoms with Crippen molar-refractivity contribution >= 4 is 31.6 Å². The molecule has 0 radical (unpaired) electrons. The number of sulfone groups is 1. The van der Waals surface area contributed by atoms with Crippen LogP contribution in [0.2, 0.25) is 0 Å². The summed E-state index contributed by atoms with van der Waals surface area (Å²) in [6.45, 7) is -0.782. The van der Waals surface area contributed by atoms with Crippen LogP contribution in [0.25, 0.3) is 0 Å². The Balaban J connectivity index is 0.00000364. The average Bonchev–Trinajstić information content (AvgIpc) is 2.53. The number of benzene rings is 2. The van der Waals surface area contributed by atoms with E-state index in [4.69, 9.17) is 0 Å². The molecule has 0 bridgehead atoms. The monoisotopic (exact) mass is 424 g/mol. The zero-order valence-electron chi connectivity index (χ0n) is 14.0. The van der Waals surface area contributed by atoms with Gasteiger partial charge in [-0.1, -0.05) is 0 Å². The summed E-state index contributed by atoms with van der Waals surface area (Å²) in [6.07, 6.45) is 0.